The van der Waals surface area contributed by atoms with Crippen molar-refractivity contribution < 1.29 is 4.74 Å². The third kappa shape index (κ3) is 2.69. The van der Waals surface area contributed by atoms with Gasteiger partial charge in [0, 0.05) is 5.56 Å². The molecule has 0 bridgehead atoms. The lowest BCUT2D eigenvalue weighted by molar-refractivity contribution is 0.340. The van der Waals surface area contributed by atoms with Gasteiger partial charge in [-0.15, -0.1) is 0 Å². The van der Waals surface area contributed by atoms with Gasteiger partial charge in [0.1, 0.15) is 15.8 Å². The van der Waals surface area contributed by atoms with Crippen LogP contribution in [0.1, 0.15) is 6.92 Å². The second-order valence-corrected chi connectivity index (χ2v) is 4.29. The molecule has 0 saturated heterocycles. The minimum atomic E-state index is 0.685. The summed E-state index contributed by atoms with van der Waals surface area (Å²) in [6.45, 7) is 2.66. The highest BCUT2D eigenvalue weighted by molar-refractivity contribution is 14.1. The molecule has 0 saturated carbocycles. The van der Waals surface area contributed by atoms with Crippen LogP contribution in [0.5, 0.6) is 5.75 Å². The van der Waals surface area contributed by atoms with E-state index in [0.717, 1.165) is 20.7 Å². The van der Waals surface area contributed by atoms with Crippen molar-refractivity contribution >= 4 is 22.6 Å². The smallest absolute Gasteiger partial charge is 0.119 e. The second-order valence-electron chi connectivity index (χ2n) is 3.18. The Bertz CT molecular complexity index is 471. The van der Waals surface area contributed by atoms with E-state index in [2.05, 4.69) is 32.6 Å². The molecule has 4 heteroatoms. The van der Waals surface area contributed by atoms with Crippen molar-refractivity contribution in [2.75, 3.05) is 6.61 Å². The van der Waals surface area contributed by atoms with Crippen LogP contribution in [0.25, 0.3) is 11.3 Å². The molecule has 3 nitrogen and oxygen atoms in total. The summed E-state index contributed by atoms with van der Waals surface area (Å²) in [5.74, 6) is 0.884. The summed E-state index contributed by atoms with van der Waals surface area (Å²) in [7, 11) is 0. The molecule has 1 aromatic heterocycles. The van der Waals surface area contributed by atoms with Crippen LogP contribution < -0.4 is 4.74 Å². The fraction of sp³-hybridized carbons (Fsp3) is 0.167. The zero-order valence-corrected chi connectivity index (χ0v) is 11.0. The maximum absolute atomic E-state index is 5.39. The van der Waals surface area contributed by atoms with Crippen molar-refractivity contribution in [2.45, 2.75) is 6.92 Å². The summed E-state index contributed by atoms with van der Waals surface area (Å²) < 4.78 is 6.33. The van der Waals surface area contributed by atoms with Crippen LogP contribution in [0.3, 0.4) is 0 Å². The Morgan fingerprint density at radius 1 is 1.19 bits per heavy atom. The molecule has 82 valence electrons. The van der Waals surface area contributed by atoms with E-state index >= 15 is 0 Å². The van der Waals surface area contributed by atoms with E-state index in [-0.39, 0.29) is 0 Å². The maximum atomic E-state index is 5.39. The molecule has 0 radical (unpaired) electrons. The molecule has 0 fully saturated rings. The topological polar surface area (TPSA) is 35.0 Å². The van der Waals surface area contributed by atoms with Gasteiger partial charge in [-0.3, -0.25) is 0 Å². The number of nitrogens with zero attached hydrogens (tertiary/aromatic N) is 2. The van der Waals surface area contributed by atoms with E-state index in [1.54, 1.807) is 6.33 Å². The normalized spacial score (nSPS) is 10.1. The second kappa shape index (κ2) is 5.25. The highest BCUT2D eigenvalue weighted by atomic mass is 127. The van der Waals surface area contributed by atoms with Crippen molar-refractivity contribution in [2.24, 2.45) is 0 Å². The number of rotatable bonds is 3. The van der Waals surface area contributed by atoms with Gasteiger partial charge in [-0.1, -0.05) is 0 Å². The molecule has 2 aromatic rings. The maximum Gasteiger partial charge on any atom is 0.119 e. The van der Waals surface area contributed by atoms with Gasteiger partial charge in [0.15, 0.2) is 0 Å². The fourth-order valence-electron chi connectivity index (χ4n) is 1.38. The first kappa shape index (κ1) is 11.3. The minimum Gasteiger partial charge on any atom is -0.494 e. The number of ether oxygens (including phenoxy) is 1. The van der Waals surface area contributed by atoms with E-state index in [9.17, 15) is 0 Å². The number of hydrogen-bond acceptors (Lipinski definition) is 3. The molecule has 1 heterocycles. The van der Waals surface area contributed by atoms with Gasteiger partial charge in [0.2, 0.25) is 0 Å². The van der Waals surface area contributed by atoms with Gasteiger partial charge in [0.05, 0.1) is 12.3 Å². The first-order valence-corrected chi connectivity index (χ1v) is 6.08. The molecule has 1 aromatic carbocycles. The van der Waals surface area contributed by atoms with Crippen molar-refractivity contribution in [3.63, 3.8) is 0 Å². The van der Waals surface area contributed by atoms with Crippen LogP contribution >= 0.6 is 22.6 Å². The van der Waals surface area contributed by atoms with Gasteiger partial charge < -0.3 is 4.74 Å². The highest BCUT2D eigenvalue weighted by Crippen LogP contribution is 2.21. The first-order valence-electron chi connectivity index (χ1n) is 5.00. The zero-order valence-electron chi connectivity index (χ0n) is 8.85. The molecule has 2 rings (SSSR count). The number of aromatic nitrogens is 2. The average Bonchev–Trinajstić information content (AvgIpc) is 2.30. The summed E-state index contributed by atoms with van der Waals surface area (Å²) in [6.07, 6.45) is 1.58. The quantitative estimate of drug-likeness (QED) is 0.642. The van der Waals surface area contributed by atoms with Gasteiger partial charge in [-0.05, 0) is 59.8 Å². The van der Waals surface area contributed by atoms with Crippen LogP contribution in [-0.4, -0.2) is 16.6 Å². The Morgan fingerprint density at radius 3 is 2.56 bits per heavy atom. The standard InChI is InChI=1S/C12H11IN2O/c1-2-16-10-5-3-9(4-6-10)11-7-12(13)15-8-14-11/h3-8H,2H2,1H3. The summed E-state index contributed by atoms with van der Waals surface area (Å²) in [6, 6.07) is 9.87. The van der Waals surface area contributed by atoms with Crippen molar-refractivity contribution in [3.05, 3.63) is 40.4 Å². The monoisotopic (exact) mass is 326 g/mol. The molecule has 0 N–H and O–H groups in total. The Morgan fingerprint density at radius 2 is 1.94 bits per heavy atom. The fourth-order valence-corrected chi connectivity index (χ4v) is 1.80. The van der Waals surface area contributed by atoms with Crippen molar-refractivity contribution in [1.82, 2.24) is 9.97 Å². The zero-order chi connectivity index (χ0) is 11.4. The molecule has 0 amide bonds. The lowest BCUT2D eigenvalue weighted by Gasteiger charge is -2.04. The van der Waals surface area contributed by atoms with Crippen LogP contribution in [0, 0.1) is 3.70 Å². The molecule has 0 aliphatic carbocycles. The molecule has 0 aliphatic rings. The van der Waals surface area contributed by atoms with Gasteiger partial charge in [0.25, 0.3) is 0 Å². The third-order valence-electron chi connectivity index (χ3n) is 2.09. The SMILES string of the molecule is CCOc1ccc(-c2cc(I)ncn2)cc1. The summed E-state index contributed by atoms with van der Waals surface area (Å²) >= 11 is 2.18. The Kier molecular flexibility index (Phi) is 3.71. The molecule has 0 unspecified atom stereocenters. The summed E-state index contributed by atoms with van der Waals surface area (Å²) in [4.78, 5) is 8.29. The number of hydrogen-bond donors (Lipinski definition) is 0. The van der Waals surface area contributed by atoms with Crippen LogP contribution in [-0.2, 0) is 0 Å². The molecular formula is C12H11IN2O. The first-order chi connectivity index (χ1) is 7.79. The lowest BCUT2D eigenvalue weighted by Crippen LogP contribution is -1.91. The molecule has 0 aliphatic heterocycles. The van der Waals surface area contributed by atoms with E-state index in [1.807, 2.05) is 37.3 Å². The van der Waals surface area contributed by atoms with Crippen LogP contribution in [0.2, 0.25) is 0 Å². The average molecular weight is 326 g/mol. The van der Waals surface area contributed by atoms with Gasteiger partial charge >= 0.3 is 0 Å². The van der Waals surface area contributed by atoms with Gasteiger partial charge in [-0.25, -0.2) is 9.97 Å². The molecular weight excluding hydrogens is 315 g/mol. The third-order valence-corrected chi connectivity index (χ3v) is 2.68. The Hall–Kier alpha value is -1.17. The number of halogens is 1. The van der Waals surface area contributed by atoms with E-state index in [0.29, 0.717) is 6.61 Å². The summed E-state index contributed by atoms with van der Waals surface area (Å²) in [5.41, 5.74) is 2.01. The van der Waals surface area contributed by atoms with E-state index in [1.165, 1.54) is 0 Å². The predicted octanol–water partition coefficient (Wildman–Crippen LogP) is 3.15. The Balaban J connectivity index is 2.27. The van der Waals surface area contributed by atoms with E-state index in [4.69, 9.17) is 4.74 Å². The lowest BCUT2D eigenvalue weighted by atomic mass is 10.1. The largest absolute Gasteiger partial charge is 0.494 e. The van der Waals surface area contributed by atoms with E-state index < -0.39 is 0 Å². The molecule has 0 spiro atoms. The van der Waals surface area contributed by atoms with Crippen molar-refractivity contribution in [3.8, 4) is 17.0 Å². The van der Waals surface area contributed by atoms with Gasteiger partial charge in [-0.2, -0.15) is 0 Å². The Labute approximate surface area is 108 Å². The van der Waals surface area contributed by atoms with Crippen LogP contribution in [0.4, 0.5) is 0 Å². The molecule has 16 heavy (non-hydrogen) atoms. The number of benzene rings is 1. The minimum absolute atomic E-state index is 0.685. The predicted molar refractivity (Wildman–Crippen MR) is 71.4 cm³/mol. The summed E-state index contributed by atoms with van der Waals surface area (Å²) in [5, 5.41) is 0. The van der Waals surface area contributed by atoms with Crippen LogP contribution in [0.15, 0.2) is 36.7 Å². The van der Waals surface area contributed by atoms with Crippen molar-refractivity contribution in [1.29, 1.82) is 0 Å². The molecule has 0 atom stereocenters. The highest BCUT2D eigenvalue weighted by Gasteiger charge is 2.00.